The van der Waals surface area contributed by atoms with Crippen molar-refractivity contribution < 1.29 is 38.2 Å². The third-order valence-corrected chi connectivity index (χ3v) is 8.39. The molecule has 2 aliphatic heterocycles. The molecule has 1 fully saturated rings. The first-order valence-corrected chi connectivity index (χ1v) is 15.3. The molecule has 0 aliphatic carbocycles. The predicted octanol–water partition coefficient (Wildman–Crippen LogP) is 3.49. The molecular weight excluding hydrogens is 622 g/mol. The van der Waals surface area contributed by atoms with Crippen molar-refractivity contribution in [2.45, 2.75) is 44.4 Å². The van der Waals surface area contributed by atoms with Gasteiger partial charge in [-0.2, -0.15) is 0 Å². The molecule has 0 radical (unpaired) electrons. The average molecular weight is 652 g/mol. The maximum absolute atomic E-state index is 13.3. The second-order valence-corrected chi connectivity index (χ2v) is 12.4. The lowest BCUT2D eigenvalue weighted by Crippen LogP contribution is -2.71. The number of oxime groups is 1. The normalized spacial score (nSPS) is 18.3. The van der Waals surface area contributed by atoms with Crippen molar-refractivity contribution in [3.05, 3.63) is 52.2 Å². The molecule has 1 saturated heterocycles. The quantitative estimate of drug-likeness (QED) is 0.128. The number of ether oxygens (including phenoxy) is 3. The molecule has 43 heavy (non-hydrogen) atoms. The van der Waals surface area contributed by atoms with Gasteiger partial charge in [-0.1, -0.05) is 17.3 Å². The Morgan fingerprint density at radius 1 is 1.19 bits per heavy atom. The van der Waals surface area contributed by atoms with Gasteiger partial charge in [-0.15, -0.1) is 34.7 Å². The van der Waals surface area contributed by atoms with Gasteiger partial charge in [-0.25, -0.2) is 14.6 Å². The van der Waals surface area contributed by atoms with Crippen molar-refractivity contribution in [3.63, 3.8) is 0 Å². The largest absolute Gasteiger partial charge is 0.497 e. The van der Waals surface area contributed by atoms with E-state index in [0.29, 0.717) is 17.1 Å². The van der Waals surface area contributed by atoms with Gasteiger partial charge in [0.15, 0.2) is 10.8 Å². The summed E-state index contributed by atoms with van der Waals surface area (Å²) in [4.78, 5) is 62.1. The summed E-state index contributed by atoms with van der Waals surface area (Å²) in [7, 11) is 2.81. The summed E-state index contributed by atoms with van der Waals surface area (Å²) < 4.78 is 15.9. The third kappa shape index (κ3) is 7.58. The van der Waals surface area contributed by atoms with Gasteiger partial charge in [0.2, 0.25) is 0 Å². The number of hydrogen-bond donors (Lipinski definition) is 2. The van der Waals surface area contributed by atoms with Crippen molar-refractivity contribution in [2.75, 3.05) is 31.2 Å². The third-order valence-electron chi connectivity index (χ3n) is 5.97. The number of hydrogen-bond acceptors (Lipinski definition) is 12. The van der Waals surface area contributed by atoms with Crippen LogP contribution < -0.4 is 15.4 Å². The molecular formula is C27H30ClN5O8S2. The van der Waals surface area contributed by atoms with Gasteiger partial charge in [0.05, 0.1) is 7.11 Å². The number of nitrogens with zero attached hydrogens (tertiary/aromatic N) is 3. The smallest absolute Gasteiger partial charge is 0.413 e. The van der Waals surface area contributed by atoms with Gasteiger partial charge in [0.1, 0.15) is 47.9 Å². The molecule has 2 N–H and O–H groups in total. The Morgan fingerprint density at radius 2 is 1.91 bits per heavy atom. The number of β-lactam (4-membered cyclic amide) rings is 1. The molecule has 0 unspecified atom stereocenters. The molecule has 13 nitrogen and oxygen atoms in total. The first-order valence-electron chi connectivity index (χ1n) is 12.9. The number of amides is 3. The maximum atomic E-state index is 13.3. The number of benzene rings is 1. The van der Waals surface area contributed by atoms with Crippen LogP contribution in [0, 0.1) is 0 Å². The Bertz CT molecular complexity index is 1450. The molecule has 0 bridgehead atoms. The van der Waals surface area contributed by atoms with Crippen LogP contribution in [0.15, 0.2) is 46.1 Å². The number of nitrogens with one attached hydrogen (secondary N) is 2. The molecule has 1 aromatic carbocycles. The van der Waals surface area contributed by atoms with E-state index in [1.807, 2.05) is 0 Å². The van der Waals surface area contributed by atoms with E-state index < -0.39 is 40.9 Å². The molecule has 2 atom stereocenters. The van der Waals surface area contributed by atoms with Gasteiger partial charge in [-0.3, -0.25) is 19.8 Å². The number of alkyl halides is 1. The van der Waals surface area contributed by atoms with Gasteiger partial charge >= 0.3 is 12.1 Å². The second-order valence-electron chi connectivity index (χ2n) is 10.2. The molecule has 4 rings (SSSR count). The zero-order valence-corrected chi connectivity index (χ0v) is 26.4. The van der Waals surface area contributed by atoms with E-state index in [4.69, 9.17) is 30.6 Å². The molecule has 2 aliphatic rings. The van der Waals surface area contributed by atoms with E-state index in [9.17, 15) is 19.2 Å². The molecule has 230 valence electrons. The van der Waals surface area contributed by atoms with E-state index >= 15 is 0 Å². The average Bonchev–Trinajstić information content (AvgIpc) is 3.43. The van der Waals surface area contributed by atoms with Crippen LogP contribution in [-0.2, 0) is 35.3 Å². The van der Waals surface area contributed by atoms with Gasteiger partial charge in [0.25, 0.3) is 11.8 Å². The fraction of sp³-hybridized carbons (Fsp3) is 0.407. The minimum Gasteiger partial charge on any atom is -0.497 e. The number of thiazole rings is 1. The van der Waals surface area contributed by atoms with Crippen LogP contribution in [0.25, 0.3) is 0 Å². The number of carbonyl (C=O) groups excluding carboxylic acids is 4. The molecule has 2 aromatic rings. The number of methoxy groups -OCH3 is 1. The van der Waals surface area contributed by atoms with Crippen molar-refractivity contribution in [1.29, 1.82) is 0 Å². The summed E-state index contributed by atoms with van der Waals surface area (Å²) >= 11 is 8.52. The first kappa shape index (κ1) is 32.1. The van der Waals surface area contributed by atoms with Crippen LogP contribution in [0.3, 0.4) is 0 Å². The summed E-state index contributed by atoms with van der Waals surface area (Å²) in [6.45, 7) is 5.16. The van der Waals surface area contributed by atoms with Crippen molar-refractivity contribution in [2.24, 2.45) is 5.16 Å². The summed E-state index contributed by atoms with van der Waals surface area (Å²) in [6.07, 6.45) is -0.708. The van der Waals surface area contributed by atoms with E-state index in [0.717, 1.165) is 16.9 Å². The predicted molar refractivity (Wildman–Crippen MR) is 161 cm³/mol. The molecule has 1 aromatic heterocycles. The van der Waals surface area contributed by atoms with E-state index in [1.165, 1.54) is 29.2 Å². The highest BCUT2D eigenvalue weighted by molar-refractivity contribution is 8.00. The number of carbonyl (C=O) groups is 4. The first-order chi connectivity index (χ1) is 20.4. The Balaban J connectivity index is 1.42. The summed E-state index contributed by atoms with van der Waals surface area (Å²) in [5.41, 5.74) is 0.558. The lowest BCUT2D eigenvalue weighted by molar-refractivity contribution is -0.153. The minimum absolute atomic E-state index is 0.0167. The van der Waals surface area contributed by atoms with Crippen LogP contribution >= 0.6 is 34.7 Å². The number of aromatic nitrogens is 1. The molecule has 3 heterocycles. The summed E-state index contributed by atoms with van der Waals surface area (Å²) in [6, 6.07) is 6.06. The van der Waals surface area contributed by atoms with Crippen LogP contribution in [0.2, 0.25) is 0 Å². The van der Waals surface area contributed by atoms with E-state index in [2.05, 4.69) is 20.8 Å². The number of rotatable bonds is 10. The second kappa shape index (κ2) is 13.7. The minimum atomic E-state index is -0.959. The Hall–Kier alpha value is -3.82. The SMILES string of the molecule is CON=C(C(=O)N[C@@H]1C(=O)N2C(C(=O)OCc3ccc(OC)cc3)=C(CCl)CS[C@H]12)c1csc(NC(=O)OC(C)(C)C)n1. The number of fused-ring (bicyclic) bond motifs is 1. The summed E-state index contributed by atoms with van der Waals surface area (Å²) in [5, 5.41) is 10.0. The lowest BCUT2D eigenvalue weighted by Gasteiger charge is -2.49. The monoisotopic (exact) mass is 651 g/mol. The zero-order chi connectivity index (χ0) is 31.3. The maximum Gasteiger partial charge on any atom is 0.413 e. The molecule has 3 amide bonds. The van der Waals surface area contributed by atoms with Crippen LogP contribution in [0.1, 0.15) is 32.0 Å². The van der Waals surface area contributed by atoms with Crippen molar-refractivity contribution in [3.8, 4) is 5.75 Å². The van der Waals surface area contributed by atoms with Crippen molar-refractivity contribution in [1.82, 2.24) is 15.2 Å². The Morgan fingerprint density at radius 3 is 2.53 bits per heavy atom. The van der Waals surface area contributed by atoms with Gasteiger partial charge < -0.3 is 24.4 Å². The highest BCUT2D eigenvalue weighted by atomic mass is 35.5. The number of esters is 1. The summed E-state index contributed by atoms with van der Waals surface area (Å²) in [5.74, 6) is -0.870. The topological polar surface area (TPSA) is 158 Å². The van der Waals surface area contributed by atoms with Gasteiger partial charge in [-0.05, 0) is 44.0 Å². The fourth-order valence-corrected chi connectivity index (χ4v) is 6.41. The van der Waals surface area contributed by atoms with Gasteiger partial charge in [0, 0.05) is 17.0 Å². The Kier molecular flexibility index (Phi) is 10.2. The molecule has 16 heteroatoms. The number of halogens is 1. The van der Waals surface area contributed by atoms with E-state index in [1.54, 1.807) is 52.1 Å². The molecule has 0 saturated carbocycles. The highest BCUT2D eigenvalue weighted by Crippen LogP contribution is 2.41. The Labute approximate surface area is 260 Å². The molecule has 0 spiro atoms. The zero-order valence-electron chi connectivity index (χ0n) is 24.0. The standard InChI is InChI=1S/C27H30ClN5O8S2/c1-27(2,3)41-26(37)31-25-29-17(13-43-25)18(32-39-5)21(34)30-19-22(35)33-20(15(10-28)12-42-23(19)33)24(36)40-11-14-6-8-16(38-4)9-7-14/h6-9,13,19,23H,10-12H2,1-5H3,(H,30,34)(H,29,31,37)/t19-,23-/m1/s1. The van der Waals surface area contributed by atoms with Crippen molar-refractivity contribution >= 4 is 69.4 Å². The number of anilines is 1. The highest BCUT2D eigenvalue weighted by Gasteiger charge is 2.54. The van der Waals surface area contributed by atoms with E-state index in [-0.39, 0.29) is 34.7 Å². The van der Waals surface area contributed by atoms with Crippen LogP contribution in [0.5, 0.6) is 5.75 Å². The van der Waals surface area contributed by atoms with Crippen LogP contribution in [0.4, 0.5) is 9.93 Å². The number of thioether (sulfide) groups is 1. The van der Waals surface area contributed by atoms with Crippen LogP contribution in [-0.4, -0.2) is 82.3 Å². The lowest BCUT2D eigenvalue weighted by atomic mass is 10.0. The fourth-order valence-electron chi connectivity index (χ4n) is 4.05.